The number of carbonyl (C=O) groups excluding carboxylic acids is 2. The molecule has 3 rings (SSSR count). The van der Waals surface area contributed by atoms with E-state index in [2.05, 4.69) is 11.4 Å². The third kappa shape index (κ3) is 3.90. The summed E-state index contributed by atoms with van der Waals surface area (Å²) in [6.45, 7) is 4.29. The van der Waals surface area contributed by atoms with Crippen LogP contribution >= 0.6 is 0 Å². The Balaban J connectivity index is 1.75. The van der Waals surface area contributed by atoms with Gasteiger partial charge in [0.05, 0.1) is 0 Å². The van der Waals surface area contributed by atoms with Crippen LogP contribution in [0.15, 0.2) is 48.5 Å². The van der Waals surface area contributed by atoms with E-state index in [9.17, 15) is 9.59 Å². The average molecular weight is 336 g/mol. The minimum Gasteiger partial charge on any atom is -0.350 e. The summed E-state index contributed by atoms with van der Waals surface area (Å²) in [5, 5.41) is 2.96. The van der Waals surface area contributed by atoms with Crippen LogP contribution in [0.4, 0.5) is 5.69 Å². The number of benzene rings is 2. The molecule has 1 heterocycles. The Hall–Kier alpha value is -2.62. The van der Waals surface area contributed by atoms with Crippen molar-refractivity contribution in [3.05, 3.63) is 65.2 Å². The third-order valence-electron chi connectivity index (χ3n) is 4.67. The first-order chi connectivity index (χ1) is 12.1. The lowest BCUT2D eigenvalue weighted by atomic mass is 10.1. The number of nitrogens with one attached hydrogen (secondary N) is 1. The molecule has 0 aliphatic carbocycles. The van der Waals surface area contributed by atoms with E-state index in [1.165, 1.54) is 0 Å². The molecule has 0 spiro atoms. The van der Waals surface area contributed by atoms with Crippen LogP contribution in [0.2, 0.25) is 0 Å². The van der Waals surface area contributed by atoms with Crippen LogP contribution in [0.1, 0.15) is 36.5 Å². The Kier molecular flexibility index (Phi) is 5.17. The van der Waals surface area contributed by atoms with E-state index in [1.54, 1.807) is 11.8 Å². The lowest BCUT2D eigenvalue weighted by Crippen LogP contribution is -2.48. The number of para-hydroxylation sites is 1. The van der Waals surface area contributed by atoms with Crippen molar-refractivity contribution < 1.29 is 9.59 Å². The highest BCUT2D eigenvalue weighted by molar-refractivity contribution is 6.01. The summed E-state index contributed by atoms with van der Waals surface area (Å²) >= 11 is 0. The topological polar surface area (TPSA) is 49.4 Å². The fraction of sp³-hybridized carbons (Fsp3) is 0.333. The van der Waals surface area contributed by atoms with Crippen molar-refractivity contribution in [2.24, 2.45) is 0 Å². The van der Waals surface area contributed by atoms with E-state index in [-0.39, 0.29) is 11.8 Å². The molecule has 1 atom stereocenters. The number of fused-ring (bicyclic) bond motifs is 1. The predicted octanol–water partition coefficient (Wildman–Crippen LogP) is 3.37. The van der Waals surface area contributed by atoms with Gasteiger partial charge in [-0.05, 0) is 43.9 Å². The summed E-state index contributed by atoms with van der Waals surface area (Å²) < 4.78 is 0. The summed E-state index contributed by atoms with van der Waals surface area (Å²) in [7, 11) is 0. The molecular weight excluding hydrogens is 312 g/mol. The van der Waals surface area contributed by atoms with Gasteiger partial charge in [0.25, 0.3) is 0 Å². The first kappa shape index (κ1) is 17.2. The zero-order chi connectivity index (χ0) is 17.8. The van der Waals surface area contributed by atoms with Gasteiger partial charge in [-0.3, -0.25) is 14.5 Å². The van der Waals surface area contributed by atoms with Gasteiger partial charge in [-0.25, -0.2) is 0 Å². The Morgan fingerprint density at radius 2 is 1.96 bits per heavy atom. The molecule has 1 aliphatic heterocycles. The largest absolute Gasteiger partial charge is 0.350 e. The molecule has 2 aromatic rings. The second-order valence-electron chi connectivity index (χ2n) is 6.63. The SMILES string of the molecule is Cc1cccc(CNC(=O)C(C)N2C(=O)CCCc3ccccc32)c1. The van der Waals surface area contributed by atoms with Crippen molar-refractivity contribution >= 4 is 17.5 Å². The van der Waals surface area contributed by atoms with Gasteiger partial charge in [-0.2, -0.15) is 0 Å². The molecule has 4 nitrogen and oxygen atoms in total. The van der Waals surface area contributed by atoms with Crippen molar-refractivity contribution in [1.82, 2.24) is 5.32 Å². The number of hydrogen-bond acceptors (Lipinski definition) is 2. The van der Waals surface area contributed by atoms with Crippen LogP contribution in [-0.2, 0) is 22.6 Å². The molecule has 2 amide bonds. The molecule has 0 saturated carbocycles. The zero-order valence-corrected chi connectivity index (χ0v) is 14.8. The van der Waals surface area contributed by atoms with Crippen LogP contribution in [0.5, 0.6) is 0 Å². The van der Waals surface area contributed by atoms with E-state index >= 15 is 0 Å². The average Bonchev–Trinajstić information content (AvgIpc) is 2.77. The van der Waals surface area contributed by atoms with Gasteiger partial charge in [0.1, 0.15) is 6.04 Å². The maximum atomic E-state index is 12.7. The smallest absolute Gasteiger partial charge is 0.243 e. The number of anilines is 1. The van der Waals surface area contributed by atoms with E-state index in [0.29, 0.717) is 13.0 Å². The van der Waals surface area contributed by atoms with Crippen molar-refractivity contribution in [1.29, 1.82) is 0 Å². The van der Waals surface area contributed by atoms with Crippen molar-refractivity contribution in [3.8, 4) is 0 Å². The van der Waals surface area contributed by atoms with Gasteiger partial charge in [0.2, 0.25) is 11.8 Å². The molecule has 1 aliphatic rings. The molecule has 25 heavy (non-hydrogen) atoms. The molecule has 1 unspecified atom stereocenters. The highest BCUT2D eigenvalue weighted by Gasteiger charge is 2.30. The summed E-state index contributed by atoms with van der Waals surface area (Å²) in [6.07, 6.45) is 2.17. The van der Waals surface area contributed by atoms with Crippen LogP contribution in [0.25, 0.3) is 0 Å². The van der Waals surface area contributed by atoms with E-state index in [4.69, 9.17) is 0 Å². The highest BCUT2D eigenvalue weighted by atomic mass is 16.2. The molecule has 2 aromatic carbocycles. The van der Waals surface area contributed by atoms with Gasteiger partial charge < -0.3 is 5.32 Å². The summed E-state index contributed by atoms with van der Waals surface area (Å²) in [4.78, 5) is 26.9. The minimum absolute atomic E-state index is 0.0168. The van der Waals surface area contributed by atoms with E-state index in [0.717, 1.165) is 35.2 Å². The maximum Gasteiger partial charge on any atom is 0.243 e. The molecule has 0 radical (unpaired) electrons. The summed E-state index contributed by atoms with van der Waals surface area (Å²) in [6, 6.07) is 15.4. The summed E-state index contributed by atoms with van der Waals surface area (Å²) in [5.74, 6) is -0.116. The number of amides is 2. The second kappa shape index (κ2) is 7.51. The Bertz CT molecular complexity index is 785. The minimum atomic E-state index is -0.531. The first-order valence-corrected chi connectivity index (χ1v) is 8.79. The van der Waals surface area contributed by atoms with Gasteiger partial charge in [0, 0.05) is 18.7 Å². The van der Waals surface area contributed by atoms with Crippen molar-refractivity contribution in [2.45, 2.75) is 45.7 Å². The molecule has 0 saturated heterocycles. The lowest BCUT2D eigenvalue weighted by molar-refractivity contribution is -0.126. The van der Waals surface area contributed by atoms with Gasteiger partial charge in [-0.15, -0.1) is 0 Å². The van der Waals surface area contributed by atoms with Gasteiger partial charge in [0.15, 0.2) is 0 Å². The third-order valence-corrected chi connectivity index (χ3v) is 4.67. The van der Waals surface area contributed by atoms with Crippen LogP contribution < -0.4 is 10.2 Å². The van der Waals surface area contributed by atoms with Crippen molar-refractivity contribution in [2.75, 3.05) is 4.90 Å². The fourth-order valence-corrected chi connectivity index (χ4v) is 3.34. The fourth-order valence-electron chi connectivity index (χ4n) is 3.34. The molecule has 1 N–H and O–H groups in total. The van der Waals surface area contributed by atoms with Crippen LogP contribution in [-0.4, -0.2) is 17.9 Å². The maximum absolute atomic E-state index is 12.7. The van der Waals surface area contributed by atoms with Crippen molar-refractivity contribution in [3.63, 3.8) is 0 Å². The monoisotopic (exact) mass is 336 g/mol. The first-order valence-electron chi connectivity index (χ1n) is 8.79. The standard InChI is InChI=1S/C21H24N2O2/c1-15-7-5-8-17(13-15)14-22-21(25)16(2)23-19-11-4-3-9-18(19)10-6-12-20(23)24/h3-5,7-9,11,13,16H,6,10,12,14H2,1-2H3,(H,22,25). The van der Waals surface area contributed by atoms with Crippen LogP contribution in [0, 0.1) is 6.92 Å². The number of aryl methyl sites for hydroxylation is 2. The number of nitrogens with zero attached hydrogens (tertiary/aromatic N) is 1. The Labute approximate surface area is 148 Å². The molecule has 0 aromatic heterocycles. The van der Waals surface area contributed by atoms with Gasteiger partial charge in [-0.1, -0.05) is 48.0 Å². The molecule has 130 valence electrons. The molecule has 4 heteroatoms. The summed E-state index contributed by atoms with van der Waals surface area (Å²) in [5.41, 5.74) is 4.22. The number of hydrogen-bond donors (Lipinski definition) is 1. The normalized spacial score (nSPS) is 15.3. The number of carbonyl (C=O) groups is 2. The number of rotatable bonds is 4. The van der Waals surface area contributed by atoms with Crippen LogP contribution in [0.3, 0.4) is 0 Å². The molecule has 0 fully saturated rings. The molecule has 0 bridgehead atoms. The molecular formula is C21H24N2O2. The predicted molar refractivity (Wildman–Crippen MR) is 99.4 cm³/mol. The quantitative estimate of drug-likeness (QED) is 0.930. The van der Waals surface area contributed by atoms with E-state index in [1.807, 2.05) is 49.4 Å². The Morgan fingerprint density at radius 1 is 1.16 bits per heavy atom. The second-order valence-corrected chi connectivity index (χ2v) is 6.63. The highest BCUT2D eigenvalue weighted by Crippen LogP contribution is 2.28. The zero-order valence-electron chi connectivity index (χ0n) is 14.8. The van der Waals surface area contributed by atoms with E-state index < -0.39 is 6.04 Å². The lowest BCUT2D eigenvalue weighted by Gasteiger charge is -2.28. The Morgan fingerprint density at radius 3 is 2.76 bits per heavy atom. The van der Waals surface area contributed by atoms with Gasteiger partial charge >= 0.3 is 0 Å².